The molecule has 1 heterocycles. The van der Waals surface area contributed by atoms with E-state index in [-0.39, 0.29) is 5.41 Å². The Morgan fingerprint density at radius 2 is 2.19 bits per heavy atom. The fourth-order valence-electron chi connectivity index (χ4n) is 2.54. The van der Waals surface area contributed by atoms with Crippen molar-refractivity contribution in [3.8, 4) is 0 Å². The van der Waals surface area contributed by atoms with Gasteiger partial charge in [0.1, 0.15) is 0 Å². The van der Waals surface area contributed by atoms with Gasteiger partial charge in [-0.3, -0.25) is 4.68 Å². The fraction of sp³-hybridized carbons (Fsp3) is 0.417. The molecule has 16 heavy (non-hydrogen) atoms. The molecule has 1 aliphatic carbocycles. The van der Waals surface area contributed by atoms with E-state index in [0.717, 1.165) is 18.4 Å². The first-order chi connectivity index (χ1) is 7.77. The molecule has 0 bridgehead atoms. The van der Waals surface area contributed by atoms with Crippen molar-refractivity contribution in [3.05, 3.63) is 30.0 Å². The summed E-state index contributed by atoms with van der Waals surface area (Å²) in [5.74, 6) is 5.23. The van der Waals surface area contributed by atoms with Crippen LogP contribution in [-0.4, -0.2) is 16.4 Å². The number of benzene rings is 1. The minimum absolute atomic E-state index is 0.0968. The first-order valence-corrected chi connectivity index (χ1v) is 5.51. The van der Waals surface area contributed by atoms with E-state index in [0.29, 0.717) is 6.61 Å². The Bertz CT molecular complexity index is 528. The van der Waals surface area contributed by atoms with Crippen LogP contribution in [0.4, 0.5) is 0 Å². The van der Waals surface area contributed by atoms with Crippen LogP contribution in [0.2, 0.25) is 0 Å². The molecule has 1 saturated carbocycles. The third-order valence-corrected chi connectivity index (χ3v) is 3.46. The number of hydrogen-bond acceptors (Lipinski definition) is 3. The molecule has 0 unspecified atom stereocenters. The second kappa shape index (κ2) is 3.30. The number of rotatable bonds is 3. The molecule has 1 fully saturated rings. The van der Waals surface area contributed by atoms with Crippen LogP contribution < -0.4 is 5.90 Å². The van der Waals surface area contributed by atoms with E-state index in [4.69, 9.17) is 10.7 Å². The summed E-state index contributed by atoms with van der Waals surface area (Å²) in [6.45, 7) is 0.580. The lowest BCUT2D eigenvalue weighted by molar-refractivity contribution is 0.114. The molecule has 4 heteroatoms. The molecule has 0 radical (unpaired) electrons. The van der Waals surface area contributed by atoms with Gasteiger partial charge in [-0.2, -0.15) is 5.10 Å². The van der Waals surface area contributed by atoms with E-state index in [9.17, 15) is 0 Å². The molecule has 1 aromatic heterocycles. The minimum Gasteiger partial charge on any atom is -0.304 e. The molecule has 1 aromatic carbocycles. The molecule has 2 aromatic rings. The Kier molecular flexibility index (Phi) is 2.02. The van der Waals surface area contributed by atoms with Crippen LogP contribution in [-0.2, 0) is 17.3 Å². The molecular weight excluding hydrogens is 202 g/mol. The Balaban J connectivity index is 2.19. The van der Waals surface area contributed by atoms with Crippen molar-refractivity contribution >= 4 is 10.9 Å². The van der Waals surface area contributed by atoms with Gasteiger partial charge >= 0.3 is 0 Å². The summed E-state index contributed by atoms with van der Waals surface area (Å²) in [5, 5.41) is 5.74. The van der Waals surface area contributed by atoms with Crippen LogP contribution in [0.3, 0.4) is 0 Å². The summed E-state index contributed by atoms with van der Waals surface area (Å²) < 4.78 is 1.97. The molecular formula is C12H15N3O. The van der Waals surface area contributed by atoms with Gasteiger partial charge in [0.25, 0.3) is 0 Å². The van der Waals surface area contributed by atoms with E-state index in [2.05, 4.69) is 11.2 Å². The maximum Gasteiger partial charge on any atom is 0.0926 e. The number of aryl methyl sites for hydroxylation is 1. The first kappa shape index (κ1) is 9.81. The number of hydrogen-bond donors (Lipinski definition) is 1. The first-order valence-electron chi connectivity index (χ1n) is 5.51. The highest BCUT2D eigenvalue weighted by atomic mass is 16.6. The van der Waals surface area contributed by atoms with Crippen LogP contribution in [0.1, 0.15) is 18.5 Å². The number of nitrogens with two attached hydrogens (primary N) is 1. The lowest BCUT2D eigenvalue weighted by atomic mass is 10.00. The molecule has 0 amide bonds. The number of aromatic nitrogens is 2. The zero-order chi connectivity index (χ0) is 11.2. The smallest absolute Gasteiger partial charge is 0.0926 e. The summed E-state index contributed by atoms with van der Waals surface area (Å²) in [6.07, 6.45) is 2.27. The van der Waals surface area contributed by atoms with Crippen molar-refractivity contribution in [3.63, 3.8) is 0 Å². The molecule has 0 spiro atoms. The monoisotopic (exact) mass is 217 g/mol. The van der Waals surface area contributed by atoms with E-state index < -0.39 is 0 Å². The lowest BCUT2D eigenvalue weighted by Crippen LogP contribution is -2.21. The molecule has 2 N–H and O–H groups in total. The van der Waals surface area contributed by atoms with Gasteiger partial charge in [0, 0.05) is 17.8 Å². The van der Waals surface area contributed by atoms with Gasteiger partial charge in [-0.1, -0.05) is 18.2 Å². The summed E-state index contributed by atoms with van der Waals surface area (Å²) in [5.41, 5.74) is 2.40. The van der Waals surface area contributed by atoms with Gasteiger partial charge in [0.15, 0.2) is 0 Å². The average Bonchev–Trinajstić information content (AvgIpc) is 2.94. The summed E-state index contributed by atoms with van der Waals surface area (Å²) in [6, 6.07) is 8.22. The van der Waals surface area contributed by atoms with Gasteiger partial charge in [-0.25, -0.2) is 5.90 Å². The second-order valence-corrected chi connectivity index (χ2v) is 4.58. The Hall–Kier alpha value is -1.39. The molecule has 0 saturated heterocycles. The van der Waals surface area contributed by atoms with Crippen LogP contribution in [0, 0.1) is 0 Å². The van der Waals surface area contributed by atoms with E-state index in [1.165, 1.54) is 11.1 Å². The largest absolute Gasteiger partial charge is 0.304 e. The van der Waals surface area contributed by atoms with Crippen molar-refractivity contribution < 1.29 is 4.84 Å². The highest BCUT2D eigenvalue weighted by molar-refractivity contribution is 5.83. The van der Waals surface area contributed by atoms with Crippen LogP contribution in [0.25, 0.3) is 10.9 Å². The van der Waals surface area contributed by atoms with Gasteiger partial charge in [0.2, 0.25) is 0 Å². The Morgan fingerprint density at radius 1 is 1.44 bits per heavy atom. The maximum atomic E-state index is 5.23. The zero-order valence-electron chi connectivity index (χ0n) is 9.31. The van der Waals surface area contributed by atoms with E-state index in [1.807, 2.05) is 29.9 Å². The van der Waals surface area contributed by atoms with Crippen molar-refractivity contribution in [1.29, 1.82) is 0 Å². The number of fused-ring (bicyclic) bond motifs is 1. The number of nitrogens with zero attached hydrogens (tertiary/aromatic N) is 2. The quantitative estimate of drug-likeness (QED) is 0.792. The highest BCUT2D eigenvalue weighted by Gasteiger charge is 2.48. The third kappa shape index (κ3) is 1.27. The molecule has 3 rings (SSSR count). The summed E-state index contributed by atoms with van der Waals surface area (Å²) in [4.78, 5) is 4.86. The fourth-order valence-corrected chi connectivity index (χ4v) is 2.54. The third-order valence-electron chi connectivity index (χ3n) is 3.46. The van der Waals surface area contributed by atoms with Gasteiger partial charge in [0.05, 0.1) is 17.8 Å². The van der Waals surface area contributed by atoms with Crippen molar-refractivity contribution in [2.75, 3.05) is 6.61 Å². The molecule has 0 atom stereocenters. The van der Waals surface area contributed by atoms with Crippen molar-refractivity contribution in [2.45, 2.75) is 18.3 Å². The maximum absolute atomic E-state index is 5.23. The summed E-state index contributed by atoms with van der Waals surface area (Å²) >= 11 is 0. The van der Waals surface area contributed by atoms with Crippen molar-refractivity contribution in [2.24, 2.45) is 12.9 Å². The minimum atomic E-state index is 0.0968. The van der Waals surface area contributed by atoms with Gasteiger partial charge in [-0.15, -0.1) is 0 Å². The van der Waals surface area contributed by atoms with Crippen molar-refractivity contribution in [1.82, 2.24) is 9.78 Å². The molecule has 4 nitrogen and oxygen atoms in total. The van der Waals surface area contributed by atoms with E-state index >= 15 is 0 Å². The second-order valence-electron chi connectivity index (χ2n) is 4.58. The predicted octanol–water partition coefficient (Wildman–Crippen LogP) is 1.50. The van der Waals surface area contributed by atoms with Crippen LogP contribution in [0.5, 0.6) is 0 Å². The van der Waals surface area contributed by atoms with E-state index in [1.54, 1.807) is 0 Å². The van der Waals surface area contributed by atoms with Gasteiger partial charge in [-0.05, 0) is 18.9 Å². The molecule has 1 aliphatic rings. The Labute approximate surface area is 93.9 Å². The van der Waals surface area contributed by atoms with Gasteiger partial charge < -0.3 is 4.84 Å². The predicted molar refractivity (Wildman–Crippen MR) is 61.8 cm³/mol. The molecule has 0 aliphatic heterocycles. The normalized spacial score (nSPS) is 17.9. The standard InChI is InChI=1S/C12H15N3O/c1-15-11(12(6-7-12)8-16-13)9-4-2-3-5-10(9)14-15/h2-5H,6-8,13H2,1H3. The Morgan fingerprint density at radius 3 is 2.88 bits per heavy atom. The lowest BCUT2D eigenvalue weighted by Gasteiger charge is -2.14. The topological polar surface area (TPSA) is 53.1 Å². The SMILES string of the molecule is Cn1nc2ccccc2c1C1(CON)CC1. The van der Waals surface area contributed by atoms with Crippen LogP contribution in [0.15, 0.2) is 24.3 Å². The summed E-state index contributed by atoms with van der Waals surface area (Å²) in [7, 11) is 1.99. The highest BCUT2D eigenvalue weighted by Crippen LogP contribution is 2.50. The average molecular weight is 217 g/mol. The molecule has 84 valence electrons. The van der Waals surface area contributed by atoms with Crippen LogP contribution >= 0.6 is 0 Å². The zero-order valence-corrected chi connectivity index (χ0v) is 9.31.